The summed E-state index contributed by atoms with van der Waals surface area (Å²) in [6.45, 7) is 3.14. The van der Waals surface area contributed by atoms with Gasteiger partial charge in [0.1, 0.15) is 62.9 Å². The molecular weight excluding hydrogens is 1760 g/mol. The molecule has 8 aromatic heterocycles. The molecule has 3 spiro atoms. The molecule has 8 aliphatic carbocycles. The van der Waals surface area contributed by atoms with Gasteiger partial charge >= 0.3 is 13.2 Å². The van der Waals surface area contributed by atoms with E-state index in [1.165, 1.54) is 39.9 Å². The summed E-state index contributed by atoms with van der Waals surface area (Å²) in [4.78, 5) is 55.0. The minimum Gasteiger partial charge on any atom is -0.434 e. The molecule has 11 heterocycles. The third-order valence-corrected chi connectivity index (χ3v) is 32.8. The van der Waals surface area contributed by atoms with Crippen LogP contribution in [0.4, 0.5) is 34.6 Å². The molecule has 23 rings (SSSR count). The highest BCUT2D eigenvalue weighted by Crippen LogP contribution is 2.61. The Morgan fingerprint density at radius 3 is 1.32 bits per heavy atom. The van der Waals surface area contributed by atoms with Crippen molar-refractivity contribution < 1.29 is 58.6 Å². The summed E-state index contributed by atoms with van der Waals surface area (Å²) in [6.07, 6.45) is 31.2. The van der Waals surface area contributed by atoms with Crippen LogP contribution in [0.25, 0.3) is 83.3 Å². The van der Waals surface area contributed by atoms with E-state index in [0.717, 1.165) is 246 Å². The molecule has 12 aromatic rings. The van der Waals surface area contributed by atoms with Crippen molar-refractivity contribution in [3.8, 4) is 45.4 Å². The average molecular weight is 1860 g/mol. The van der Waals surface area contributed by atoms with Gasteiger partial charge in [0.05, 0.1) is 56.6 Å². The van der Waals surface area contributed by atoms with Gasteiger partial charge in [0.25, 0.3) is 11.8 Å². The molecule has 5 saturated carbocycles. The maximum Gasteiger partial charge on any atom is 0.387 e. The number of aryl methyl sites for hydroxylation is 2. The number of aromatic nitrogens is 8. The molecule has 3 saturated heterocycles. The molecule has 2 unspecified atom stereocenters. The number of alkyl halides is 4. The number of benzene rings is 4. The van der Waals surface area contributed by atoms with Gasteiger partial charge in [0, 0.05) is 159 Å². The van der Waals surface area contributed by atoms with Gasteiger partial charge < -0.3 is 37.7 Å². The summed E-state index contributed by atoms with van der Waals surface area (Å²) in [7, 11) is -5.68. The van der Waals surface area contributed by atoms with Crippen molar-refractivity contribution in [3.05, 3.63) is 224 Å². The van der Waals surface area contributed by atoms with Gasteiger partial charge in [0.15, 0.2) is 0 Å². The molecule has 3 aliphatic heterocycles. The molecule has 31 heteroatoms. The lowest BCUT2D eigenvalue weighted by molar-refractivity contribution is -0.0495. The number of anilines is 3. The zero-order valence-electron chi connectivity index (χ0n) is 71.6. The lowest BCUT2D eigenvalue weighted by atomic mass is 9.63. The van der Waals surface area contributed by atoms with Gasteiger partial charge in [-0.2, -0.15) is 17.6 Å². The number of amides is 2. The van der Waals surface area contributed by atoms with Crippen molar-refractivity contribution in [2.45, 2.75) is 177 Å². The number of allylic oxidation sites excluding steroid dienone is 6. The van der Waals surface area contributed by atoms with E-state index in [0.29, 0.717) is 66.0 Å². The minimum atomic E-state index is -3.10. The predicted molar refractivity (Wildman–Crippen MR) is 501 cm³/mol. The van der Waals surface area contributed by atoms with Crippen molar-refractivity contribution in [3.63, 3.8) is 0 Å². The van der Waals surface area contributed by atoms with Gasteiger partial charge in [-0.3, -0.25) is 34.0 Å². The maximum absolute atomic E-state index is 13.5. The van der Waals surface area contributed by atoms with Crippen LogP contribution in [0, 0.1) is 30.1 Å². The Morgan fingerprint density at radius 1 is 0.477 bits per heavy atom. The van der Waals surface area contributed by atoms with Crippen LogP contribution in [0.1, 0.15) is 206 Å². The quantitative estimate of drug-likeness (QED) is 0.0472. The Hall–Kier alpha value is -11.2. The van der Waals surface area contributed by atoms with E-state index in [1.807, 2.05) is 55.6 Å². The first-order chi connectivity index (χ1) is 62.7. The van der Waals surface area contributed by atoms with Gasteiger partial charge in [-0.1, -0.05) is 80.6 Å². The second kappa shape index (κ2) is 33.6. The Morgan fingerprint density at radius 2 is 0.892 bits per heavy atom. The zero-order chi connectivity index (χ0) is 89.4. The number of hydrogen-bond acceptors (Lipinski definition) is 20. The van der Waals surface area contributed by atoms with Crippen LogP contribution >= 0.6 is 34.8 Å². The number of carbonyl (C=O) groups is 2. The van der Waals surface area contributed by atoms with Crippen molar-refractivity contribution in [1.29, 1.82) is 0 Å². The fourth-order valence-corrected chi connectivity index (χ4v) is 23.5. The Bertz CT molecular complexity index is 6600. The lowest BCUT2D eigenvalue weighted by Gasteiger charge is -2.47. The molecule has 0 bridgehead atoms. The number of ether oxygens (including phenoxy) is 2. The standard InChI is InChI=1S/C35H35F2N5O4S.C34H32ClF2N5O4S.C30H27Cl2N3O/c1-20-9-12-38-19-26(20)31-30(32(46-40-31)21-3-4-21)22-17-35(18-22)10-13-42(14-11-35)23-5-8-27-25(15-23)29(45-34(36)37)16-28(39-27)33(43)41-47(2,44)24-6-7-24;1-47(44,22-7-8-22)41-32(43)26-16-27(45-33(36)37)23-15-21(6-9-25(23)39-26)42-13-10-34(11-14-42)17-20(18-34)28-30(29-24(35)3-2-12-38-29)40-46-31(28)19-4-5-19;1-18-5-6-20-15-22(9-10-25(20)33-18)35-13-11-30(12-14-35)16-21(17-30)26-28(34-36-29(26)19-7-8-19)27-23(31)3-2-4-24(27)32/h5,8-9,12,15-17,19,21,24,34H,2-4,6-7,10-11,13-14,18H2,1H3,(H,41,43,44);2-3,6,9,12,15-17,19,22,33H,1,4-5,7-8,10-11,13-14,18H2,(H,41,43,44);2-6,9-10,15-16,19H,7-8,11-14,17H2,1H3. The topological polar surface area (TPSA) is 263 Å². The van der Waals surface area contributed by atoms with Crippen LogP contribution in [0.15, 0.2) is 166 Å². The van der Waals surface area contributed by atoms with Crippen molar-refractivity contribution in [2.75, 3.05) is 54.0 Å². The number of hydrogen-bond donors (Lipinski definition) is 2. The van der Waals surface area contributed by atoms with Gasteiger partial charge in [-0.15, -0.1) is 0 Å². The highest BCUT2D eigenvalue weighted by atomic mass is 35.5. The van der Waals surface area contributed by atoms with Gasteiger partial charge in [-0.05, 0) is 277 Å². The Kier molecular flexibility index (Phi) is 22.1. The number of carbonyl (C=O) groups excluding carboxylic acids is 2. The van der Waals surface area contributed by atoms with E-state index in [-0.39, 0.29) is 49.6 Å². The van der Waals surface area contributed by atoms with Crippen LogP contribution in [-0.4, -0.2) is 135 Å². The normalized spacial score (nSPS) is 19.8. The lowest BCUT2D eigenvalue weighted by Crippen LogP contribution is -2.42. The second-order valence-electron chi connectivity index (χ2n) is 37.1. The molecule has 8 fully saturated rings. The van der Waals surface area contributed by atoms with Crippen LogP contribution in [0.5, 0.6) is 11.5 Å². The molecule has 11 aliphatic rings. The highest BCUT2D eigenvalue weighted by Gasteiger charge is 2.49. The largest absolute Gasteiger partial charge is 0.434 e. The van der Waals surface area contributed by atoms with E-state index in [4.69, 9.17) is 57.8 Å². The van der Waals surface area contributed by atoms with Crippen LogP contribution in [0.2, 0.25) is 15.1 Å². The van der Waals surface area contributed by atoms with Crippen molar-refractivity contribution in [2.24, 2.45) is 16.2 Å². The smallest absolute Gasteiger partial charge is 0.387 e. The summed E-state index contributed by atoms with van der Waals surface area (Å²) in [5, 5.41) is 16.8. The number of halogens is 7. The van der Waals surface area contributed by atoms with Crippen LogP contribution in [0.3, 0.4) is 0 Å². The number of nitrogens with one attached hydrogen (secondary N) is 2. The van der Waals surface area contributed by atoms with Crippen LogP contribution < -0.4 is 33.6 Å². The van der Waals surface area contributed by atoms with E-state index < -0.39 is 44.5 Å². The molecule has 22 nitrogen and oxygen atoms in total. The fraction of sp³-hybridized carbons (Fsp3) is 0.374. The van der Waals surface area contributed by atoms with Crippen molar-refractivity contribution >= 4 is 144 Å². The zero-order valence-corrected chi connectivity index (χ0v) is 75.5. The number of fused-ring (bicyclic) bond motifs is 3. The predicted octanol–water partition coefficient (Wildman–Crippen LogP) is 22.1. The first-order valence-electron chi connectivity index (χ1n) is 44.6. The Balaban J connectivity index is 0.000000119. The van der Waals surface area contributed by atoms with E-state index in [9.17, 15) is 35.6 Å². The van der Waals surface area contributed by atoms with Crippen LogP contribution in [-0.2, 0) is 19.4 Å². The van der Waals surface area contributed by atoms with E-state index in [1.54, 1.807) is 42.7 Å². The number of piperidine rings is 3. The fourth-order valence-electron chi connectivity index (χ4n) is 19.7. The third-order valence-electron chi connectivity index (χ3n) is 27.8. The van der Waals surface area contributed by atoms with Gasteiger partial charge in [0.2, 0.25) is 0 Å². The SMILES string of the molecule is C=S(=O)(NC(=O)c1cc(OC(F)F)c2cc(N3CCC4(C=C(c5c(-c6cnccc6C)noc5C5CC5)C4)CC3)ccc2n1)C1CC1.C=S(=O)(NC(=O)c1cc(OC(F)F)c2cc(N3CCC4(C=C(c5c(-c6ncccc6Cl)noc5C5CC5)C4)CC3)ccc2n1)C1CC1.Cc1ccc2cc(N3CCC4(C=C(c5c(-c6c(Cl)cccc6Cl)noc5C5CC5)C4)CC3)ccc2n1. The number of nitrogens with zero attached hydrogens (tertiary/aromatic N) is 11. The summed E-state index contributed by atoms with van der Waals surface area (Å²) in [5.74, 6) is 9.76. The number of pyridine rings is 5. The highest BCUT2D eigenvalue weighted by molar-refractivity contribution is 8.00. The molecule has 4 aromatic carbocycles. The summed E-state index contributed by atoms with van der Waals surface area (Å²) >= 11 is 19.6. The Labute approximate surface area is 764 Å². The number of rotatable bonds is 22. The maximum atomic E-state index is 13.5. The summed E-state index contributed by atoms with van der Waals surface area (Å²) in [6, 6.07) is 35.2. The first-order valence-corrected chi connectivity index (χ1v) is 49.3. The minimum absolute atomic E-state index is 0.0487. The molecule has 2 atom stereocenters. The van der Waals surface area contributed by atoms with Gasteiger partial charge in [-0.25, -0.2) is 18.4 Å². The second-order valence-corrected chi connectivity index (χ2v) is 42.9. The average Bonchev–Trinajstić information content (AvgIpc) is 1.60. The molecule has 0 radical (unpaired) electrons. The van der Waals surface area contributed by atoms with Crippen molar-refractivity contribution in [1.82, 2.24) is 49.8 Å². The van der Waals surface area contributed by atoms with E-state index >= 15 is 0 Å². The monoisotopic (exact) mass is 1850 g/mol. The molecule has 2 amide bonds. The first kappa shape index (κ1) is 85.6. The molecule has 130 heavy (non-hydrogen) atoms. The molecule has 2 N–H and O–H groups in total. The third kappa shape index (κ3) is 17.1. The molecule has 670 valence electrons. The van der Waals surface area contributed by atoms with E-state index in [2.05, 4.69) is 132 Å². The molecular formula is C99H94Cl3F4N13O9S2. The summed E-state index contributed by atoms with van der Waals surface area (Å²) < 4.78 is 112. The summed E-state index contributed by atoms with van der Waals surface area (Å²) in [5.41, 5.74) is 18.9.